The Hall–Kier alpha value is -4.23. The Morgan fingerprint density at radius 1 is 1.10 bits per heavy atom. The van der Waals surface area contributed by atoms with E-state index in [1.807, 2.05) is 17.5 Å². The lowest BCUT2D eigenvalue weighted by molar-refractivity contribution is -0.122. The Balaban J connectivity index is 1.14. The van der Waals surface area contributed by atoms with E-state index < -0.39 is 11.6 Å². The molecule has 1 saturated heterocycles. The number of aryl methyl sites for hydroxylation is 1. The van der Waals surface area contributed by atoms with E-state index in [9.17, 15) is 13.6 Å². The van der Waals surface area contributed by atoms with Crippen LogP contribution >= 0.6 is 11.5 Å². The maximum absolute atomic E-state index is 13.9. The van der Waals surface area contributed by atoms with Crippen molar-refractivity contribution >= 4 is 33.9 Å². The molecule has 1 fully saturated rings. The first-order chi connectivity index (χ1) is 19.9. The minimum Gasteiger partial charge on any atom is -0.350 e. The number of anilines is 2. The number of benzene rings is 1. The summed E-state index contributed by atoms with van der Waals surface area (Å²) in [6.07, 6.45) is 10.9. The molecule has 1 amide bonds. The largest absolute Gasteiger partial charge is 0.350 e. The smallest absolute Gasteiger partial charge is 0.241 e. The van der Waals surface area contributed by atoms with E-state index in [-0.39, 0.29) is 24.6 Å². The van der Waals surface area contributed by atoms with Crippen molar-refractivity contribution in [1.29, 1.82) is 0 Å². The van der Waals surface area contributed by atoms with Gasteiger partial charge in [-0.2, -0.15) is 9.47 Å². The molecule has 6 rings (SSSR count). The van der Waals surface area contributed by atoms with Crippen molar-refractivity contribution in [3.05, 3.63) is 77.6 Å². The standard InChI is InChI=1S/C28H29F2N9OS/c1-18-14-39-24(20-12-33-38(15-20)17-25(40)31-11-19-5-6-21(29)9-23(19)30)13-32-28(39)27(34-18)35-26-10-22(36-41-26)16-37-7-3-2-4-8-37/h5-6,9-10,12-15H,2-4,7-8,11,16-17H2,1H3,(H,31,40)(H,34,35). The number of nitrogens with zero attached hydrogens (tertiary/aromatic N) is 7. The number of halogens is 2. The van der Waals surface area contributed by atoms with Crippen molar-refractivity contribution in [2.45, 2.75) is 45.8 Å². The number of amides is 1. The predicted octanol–water partition coefficient (Wildman–Crippen LogP) is 4.68. The van der Waals surface area contributed by atoms with E-state index in [0.29, 0.717) is 11.5 Å². The lowest BCUT2D eigenvalue weighted by Gasteiger charge is -2.25. The zero-order valence-electron chi connectivity index (χ0n) is 22.5. The van der Waals surface area contributed by atoms with E-state index in [2.05, 4.69) is 41.0 Å². The van der Waals surface area contributed by atoms with Crippen molar-refractivity contribution in [2.24, 2.45) is 0 Å². The molecule has 0 atom stereocenters. The van der Waals surface area contributed by atoms with Gasteiger partial charge in [-0.05, 0) is 56.5 Å². The fraction of sp³-hybridized carbons (Fsp3) is 0.321. The number of carbonyl (C=O) groups is 1. The summed E-state index contributed by atoms with van der Waals surface area (Å²) in [4.78, 5) is 24.2. The van der Waals surface area contributed by atoms with E-state index in [0.717, 1.165) is 59.4 Å². The van der Waals surface area contributed by atoms with Crippen LogP contribution in [0.5, 0.6) is 0 Å². The van der Waals surface area contributed by atoms with Crippen LogP contribution in [0.2, 0.25) is 0 Å². The van der Waals surface area contributed by atoms with Crippen LogP contribution in [-0.4, -0.2) is 52.4 Å². The van der Waals surface area contributed by atoms with E-state index in [4.69, 9.17) is 0 Å². The normalized spacial score (nSPS) is 14.0. The molecule has 0 unspecified atom stereocenters. The molecular weight excluding hydrogens is 548 g/mol. The minimum absolute atomic E-state index is 0.0477. The number of imidazole rings is 1. The molecule has 5 heterocycles. The van der Waals surface area contributed by atoms with Crippen LogP contribution in [0.15, 0.2) is 49.1 Å². The lowest BCUT2D eigenvalue weighted by Crippen LogP contribution is -2.29. The highest BCUT2D eigenvalue weighted by Crippen LogP contribution is 2.28. The molecule has 5 aromatic rings. The number of hydrogen-bond donors (Lipinski definition) is 2. The van der Waals surface area contributed by atoms with Crippen molar-refractivity contribution in [2.75, 3.05) is 18.4 Å². The van der Waals surface area contributed by atoms with Gasteiger partial charge in [0.2, 0.25) is 5.91 Å². The molecule has 4 aromatic heterocycles. The van der Waals surface area contributed by atoms with Crippen molar-refractivity contribution < 1.29 is 13.6 Å². The van der Waals surface area contributed by atoms with Crippen LogP contribution in [0.3, 0.4) is 0 Å². The Kier molecular flexibility index (Phi) is 7.70. The zero-order chi connectivity index (χ0) is 28.3. The summed E-state index contributed by atoms with van der Waals surface area (Å²) in [6, 6.07) is 5.33. The number of piperidine rings is 1. The molecule has 1 aromatic carbocycles. The third kappa shape index (κ3) is 6.25. The summed E-state index contributed by atoms with van der Waals surface area (Å²) in [7, 11) is 0. The first-order valence-corrected chi connectivity index (χ1v) is 14.2. The molecule has 1 aliphatic rings. The first kappa shape index (κ1) is 27.0. The Morgan fingerprint density at radius 3 is 2.78 bits per heavy atom. The number of rotatable bonds is 9. The topological polar surface area (TPSA) is 105 Å². The maximum Gasteiger partial charge on any atom is 0.241 e. The molecule has 1 aliphatic heterocycles. The van der Waals surface area contributed by atoms with Crippen LogP contribution in [0.4, 0.5) is 19.6 Å². The second-order valence-corrected chi connectivity index (χ2v) is 11.0. The summed E-state index contributed by atoms with van der Waals surface area (Å²) in [5, 5.41) is 11.3. The average molecular weight is 578 g/mol. The third-order valence-corrected chi connectivity index (χ3v) is 7.72. The summed E-state index contributed by atoms with van der Waals surface area (Å²) in [6.45, 7) is 4.91. The van der Waals surface area contributed by atoms with E-state index >= 15 is 0 Å². The van der Waals surface area contributed by atoms with Crippen LogP contribution < -0.4 is 10.6 Å². The summed E-state index contributed by atoms with van der Waals surface area (Å²) >= 11 is 1.41. The number of nitrogens with one attached hydrogen (secondary N) is 2. The first-order valence-electron chi connectivity index (χ1n) is 13.4. The van der Waals surface area contributed by atoms with Crippen molar-refractivity contribution in [3.8, 4) is 11.3 Å². The van der Waals surface area contributed by atoms with Gasteiger partial charge in [-0.1, -0.05) is 12.5 Å². The lowest BCUT2D eigenvalue weighted by atomic mass is 10.1. The van der Waals surface area contributed by atoms with Gasteiger partial charge in [0.25, 0.3) is 0 Å². The second kappa shape index (κ2) is 11.7. The molecule has 0 radical (unpaired) electrons. The molecule has 10 nitrogen and oxygen atoms in total. The summed E-state index contributed by atoms with van der Waals surface area (Å²) in [5.74, 6) is -1.09. The predicted molar refractivity (Wildman–Crippen MR) is 152 cm³/mol. The van der Waals surface area contributed by atoms with Crippen molar-refractivity contribution in [3.63, 3.8) is 0 Å². The number of likely N-dealkylation sites (tertiary alicyclic amines) is 1. The van der Waals surface area contributed by atoms with Gasteiger partial charge < -0.3 is 10.6 Å². The fourth-order valence-corrected chi connectivity index (χ4v) is 5.62. The van der Waals surface area contributed by atoms with Gasteiger partial charge in [-0.25, -0.2) is 18.7 Å². The van der Waals surface area contributed by atoms with Gasteiger partial charge in [-0.15, -0.1) is 0 Å². The Bertz CT molecular complexity index is 1690. The molecule has 41 heavy (non-hydrogen) atoms. The molecule has 0 bridgehead atoms. The van der Waals surface area contributed by atoms with Crippen LogP contribution in [0, 0.1) is 18.6 Å². The highest BCUT2D eigenvalue weighted by molar-refractivity contribution is 7.10. The fourth-order valence-electron chi connectivity index (χ4n) is 4.96. The number of aromatic nitrogens is 6. The third-order valence-electron chi connectivity index (χ3n) is 6.97. The zero-order valence-corrected chi connectivity index (χ0v) is 23.3. The van der Waals surface area contributed by atoms with E-state index in [1.54, 1.807) is 18.6 Å². The minimum atomic E-state index is -0.703. The summed E-state index contributed by atoms with van der Waals surface area (Å²) in [5.41, 5.74) is 4.28. The second-order valence-electron chi connectivity index (χ2n) is 10.2. The highest BCUT2D eigenvalue weighted by atomic mass is 32.1. The van der Waals surface area contributed by atoms with Gasteiger partial charge in [0.05, 0.1) is 29.5 Å². The van der Waals surface area contributed by atoms with Crippen molar-refractivity contribution in [1.82, 2.24) is 38.7 Å². The van der Waals surface area contributed by atoms with E-state index in [1.165, 1.54) is 41.5 Å². The van der Waals surface area contributed by atoms with Gasteiger partial charge in [0.1, 0.15) is 23.2 Å². The van der Waals surface area contributed by atoms with Gasteiger partial charge >= 0.3 is 0 Å². The molecule has 0 aliphatic carbocycles. The SMILES string of the molecule is Cc1cn2c(-c3cnn(CC(=O)NCc4ccc(F)cc4F)c3)cnc2c(Nc2cc(CN3CCCCC3)ns2)n1. The van der Waals surface area contributed by atoms with Gasteiger partial charge in [-0.3, -0.25) is 18.8 Å². The van der Waals surface area contributed by atoms with Crippen LogP contribution in [0.1, 0.15) is 36.2 Å². The average Bonchev–Trinajstić information content (AvgIpc) is 3.69. The van der Waals surface area contributed by atoms with Crippen LogP contribution in [0.25, 0.3) is 16.9 Å². The Morgan fingerprint density at radius 2 is 1.95 bits per heavy atom. The molecular formula is C28H29F2N9OS. The molecule has 0 saturated carbocycles. The molecule has 212 valence electrons. The molecule has 13 heteroatoms. The quantitative estimate of drug-likeness (QED) is 0.262. The highest BCUT2D eigenvalue weighted by Gasteiger charge is 2.17. The molecule has 2 N–H and O–H groups in total. The van der Waals surface area contributed by atoms with Gasteiger partial charge in [0, 0.05) is 42.7 Å². The molecule has 0 spiro atoms. The maximum atomic E-state index is 13.9. The number of fused-ring (bicyclic) bond motifs is 1. The Labute approximate surface area is 239 Å². The monoisotopic (exact) mass is 577 g/mol. The van der Waals surface area contributed by atoms with Gasteiger partial charge in [0.15, 0.2) is 11.5 Å². The number of hydrogen-bond acceptors (Lipinski definition) is 8. The summed E-state index contributed by atoms with van der Waals surface area (Å²) < 4.78 is 35.0. The number of carbonyl (C=O) groups excluding carboxylic acids is 1. The van der Waals surface area contributed by atoms with Crippen LogP contribution in [-0.2, 0) is 24.4 Å².